The van der Waals surface area contributed by atoms with Gasteiger partial charge in [-0.1, -0.05) is 25.2 Å². The number of amides is 1. The second-order valence-electron chi connectivity index (χ2n) is 5.13. The molecule has 2 heterocycles. The molecule has 1 fully saturated rings. The minimum absolute atomic E-state index is 0.0608. The summed E-state index contributed by atoms with van der Waals surface area (Å²) >= 11 is 1.46. The van der Waals surface area contributed by atoms with Crippen LogP contribution in [0.3, 0.4) is 0 Å². The number of hydrogen-bond acceptors (Lipinski definition) is 3. The standard InChI is InChI=1S/C16H21NO2S/c1-2-5-13-7-9-17(12-13)16(19)15-14(8-11-20-15)6-3-4-10-18/h8,11,13,18H,2,4-5,7,9-10,12H2,1H3. The monoisotopic (exact) mass is 291 g/mol. The average molecular weight is 291 g/mol. The Hall–Kier alpha value is -1.31. The number of aliphatic hydroxyl groups excluding tert-OH is 1. The Balaban J connectivity index is 2.04. The number of aliphatic hydroxyl groups is 1. The highest BCUT2D eigenvalue weighted by molar-refractivity contribution is 7.12. The Morgan fingerprint density at radius 2 is 2.45 bits per heavy atom. The van der Waals surface area contributed by atoms with E-state index < -0.39 is 0 Å². The molecule has 3 nitrogen and oxygen atoms in total. The average Bonchev–Trinajstić information content (AvgIpc) is 3.08. The van der Waals surface area contributed by atoms with Crippen molar-refractivity contribution >= 4 is 17.2 Å². The molecule has 1 amide bonds. The molecule has 0 aromatic carbocycles. The van der Waals surface area contributed by atoms with E-state index in [1.807, 2.05) is 16.3 Å². The molecule has 1 saturated heterocycles. The summed E-state index contributed by atoms with van der Waals surface area (Å²) in [6, 6.07) is 1.89. The molecule has 1 N–H and O–H groups in total. The maximum Gasteiger partial charge on any atom is 0.265 e. The molecule has 0 saturated carbocycles. The Morgan fingerprint density at radius 3 is 3.20 bits per heavy atom. The summed E-state index contributed by atoms with van der Waals surface area (Å²) in [5, 5.41) is 10.7. The van der Waals surface area contributed by atoms with E-state index >= 15 is 0 Å². The van der Waals surface area contributed by atoms with Crippen LogP contribution in [0.4, 0.5) is 0 Å². The van der Waals surface area contributed by atoms with E-state index in [2.05, 4.69) is 18.8 Å². The van der Waals surface area contributed by atoms with Crippen LogP contribution >= 0.6 is 11.3 Å². The second kappa shape index (κ2) is 7.47. The molecule has 1 aromatic rings. The lowest BCUT2D eigenvalue weighted by molar-refractivity contribution is 0.0791. The lowest BCUT2D eigenvalue weighted by Crippen LogP contribution is -2.28. The molecule has 0 spiro atoms. The van der Waals surface area contributed by atoms with Gasteiger partial charge in [0.2, 0.25) is 0 Å². The first kappa shape index (κ1) is 15.1. The molecular formula is C16H21NO2S. The van der Waals surface area contributed by atoms with Gasteiger partial charge in [-0.05, 0) is 30.2 Å². The third-order valence-electron chi connectivity index (χ3n) is 3.59. The number of rotatable bonds is 4. The molecular weight excluding hydrogens is 270 g/mol. The van der Waals surface area contributed by atoms with Crippen molar-refractivity contribution in [2.75, 3.05) is 19.7 Å². The van der Waals surface area contributed by atoms with Crippen molar-refractivity contribution in [1.82, 2.24) is 4.90 Å². The maximum atomic E-state index is 12.5. The van der Waals surface area contributed by atoms with Crippen molar-refractivity contribution in [2.45, 2.75) is 32.6 Å². The van der Waals surface area contributed by atoms with Crippen LogP contribution in [0.2, 0.25) is 0 Å². The minimum Gasteiger partial charge on any atom is -0.395 e. The van der Waals surface area contributed by atoms with Crippen molar-refractivity contribution < 1.29 is 9.90 Å². The molecule has 20 heavy (non-hydrogen) atoms. The van der Waals surface area contributed by atoms with Crippen LogP contribution in [0.5, 0.6) is 0 Å². The van der Waals surface area contributed by atoms with Crippen LogP contribution in [0.1, 0.15) is 47.8 Å². The lowest BCUT2D eigenvalue weighted by atomic mass is 10.0. The van der Waals surface area contributed by atoms with Gasteiger partial charge in [-0.15, -0.1) is 11.3 Å². The van der Waals surface area contributed by atoms with Gasteiger partial charge >= 0.3 is 0 Å². The zero-order valence-electron chi connectivity index (χ0n) is 11.9. The number of hydrogen-bond donors (Lipinski definition) is 1. The van der Waals surface area contributed by atoms with Crippen molar-refractivity contribution in [1.29, 1.82) is 0 Å². The predicted molar refractivity (Wildman–Crippen MR) is 81.8 cm³/mol. The molecule has 2 rings (SSSR count). The first-order chi connectivity index (χ1) is 9.76. The highest BCUT2D eigenvalue weighted by Gasteiger charge is 2.27. The van der Waals surface area contributed by atoms with Gasteiger partial charge < -0.3 is 10.0 Å². The van der Waals surface area contributed by atoms with Crippen molar-refractivity contribution in [2.24, 2.45) is 5.92 Å². The molecule has 0 bridgehead atoms. The smallest absolute Gasteiger partial charge is 0.265 e. The molecule has 1 atom stereocenters. The summed E-state index contributed by atoms with van der Waals surface area (Å²) < 4.78 is 0. The van der Waals surface area contributed by atoms with E-state index in [1.165, 1.54) is 24.2 Å². The van der Waals surface area contributed by atoms with Gasteiger partial charge in [0, 0.05) is 25.1 Å². The van der Waals surface area contributed by atoms with Gasteiger partial charge in [-0.2, -0.15) is 0 Å². The summed E-state index contributed by atoms with van der Waals surface area (Å²) in [6.45, 7) is 4.00. The van der Waals surface area contributed by atoms with Gasteiger partial charge in [0.1, 0.15) is 4.88 Å². The summed E-state index contributed by atoms with van der Waals surface area (Å²) in [5.74, 6) is 6.65. The highest BCUT2D eigenvalue weighted by atomic mass is 32.1. The first-order valence-corrected chi connectivity index (χ1v) is 8.10. The van der Waals surface area contributed by atoms with Gasteiger partial charge in [0.25, 0.3) is 5.91 Å². The summed E-state index contributed by atoms with van der Waals surface area (Å²) in [6.07, 6.45) is 3.96. The lowest BCUT2D eigenvalue weighted by Gasteiger charge is -2.15. The van der Waals surface area contributed by atoms with E-state index in [1.54, 1.807) is 0 Å². The quantitative estimate of drug-likeness (QED) is 0.867. The number of carbonyl (C=O) groups excluding carboxylic acids is 1. The second-order valence-corrected chi connectivity index (χ2v) is 6.05. The zero-order chi connectivity index (χ0) is 14.4. The van der Waals surface area contributed by atoms with E-state index in [9.17, 15) is 4.79 Å². The highest BCUT2D eigenvalue weighted by Crippen LogP contribution is 2.25. The van der Waals surface area contributed by atoms with E-state index in [0.717, 1.165) is 30.0 Å². The van der Waals surface area contributed by atoms with Gasteiger partial charge in [-0.3, -0.25) is 4.79 Å². The number of likely N-dealkylation sites (tertiary alicyclic amines) is 1. The van der Waals surface area contributed by atoms with Crippen LogP contribution in [-0.4, -0.2) is 35.6 Å². The van der Waals surface area contributed by atoms with Gasteiger partial charge in [-0.25, -0.2) is 0 Å². The number of nitrogens with zero attached hydrogens (tertiary/aromatic N) is 1. The number of thiophene rings is 1. The Bertz CT molecular complexity index is 512. The summed E-state index contributed by atoms with van der Waals surface area (Å²) in [4.78, 5) is 15.2. The topological polar surface area (TPSA) is 40.5 Å². The fraction of sp³-hybridized carbons (Fsp3) is 0.562. The van der Waals surface area contributed by atoms with E-state index in [-0.39, 0.29) is 12.5 Å². The molecule has 1 aromatic heterocycles. The van der Waals surface area contributed by atoms with Gasteiger partial charge in [0.15, 0.2) is 0 Å². The van der Waals surface area contributed by atoms with Crippen LogP contribution in [0.15, 0.2) is 11.4 Å². The Morgan fingerprint density at radius 1 is 1.60 bits per heavy atom. The SMILES string of the molecule is CCCC1CCN(C(=O)c2sccc2C#CCCO)C1. The largest absolute Gasteiger partial charge is 0.395 e. The predicted octanol–water partition coefficient (Wildman–Crippen LogP) is 2.74. The molecule has 0 aliphatic carbocycles. The maximum absolute atomic E-state index is 12.5. The van der Waals surface area contributed by atoms with Crippen LogP contribution in [0, 0.1) is 17.8 Å². The molecule has 1 unspecified atom stereocenters. The van der Waals surface area contributed by atoms with E-state index in [0.29, 0.717) is 12.3 Å². The van der Waals surface area contributed by atoms with Crippen LogP contribution in [-0.2, 0) is 0 Å². The fourth-order valence-corrected chi connectivity index (χ4v) is 3.41. The zero-order valence-corrected chi connectivity index (χ0v) is 12.7. The van der Waals surface area contributed by atoms with Crippen molar-refractivity contribution in [3.05, 3.63) is 21.9 Å². The van der Waals surface area contributed by atoms with Gasteiger partial charge in [0.05, 0.1) is 6.61 Å². The number of carbonyl (C=O) groups is 1. The van der Waals surface area contributed by atoms with E-state index in [4.69, 9.17) is 5.11 Å². The molecule has 108 valence electrons. The van der Waals surface area contributed by atoms with Crippen LogP contribution in [0.25, 0.3) is 0 Å². The van der Waals surface area contributed by atoms with Crippen molar-refractivity contribution in [3.8, 4) is 11.8 Å². The summed E-state index contributed by atoms with van der Waals surface area (Å²) in [7, 11) is 0. The molecule has 4 heteroatoms. The Kier molecular flexibility index (Phi) is 5.63. The Labute approximate surface area is 124 Å². The minimum atomic E-state index is 0.0608. The van der Waals surface area contributed by atoms with Crippen molar-refractivity contribution in [3.63, 3.8) is 0 Å². The molecule has 1 aliphatic rings. The summed E-state index contributed by atoms with van der Waals surface area (Å²) in [5.41, 5.74) is 0.799. The fourth-order valence-electron chi connectivity index (χ4n) is 2.59. The molecule has 1 aliphatic heterocycles. The third-order valence-corrected chi connectivity index (χ3v) is 4.49. The molecule has 0 radical (unpaired) electrons. The first-order valence-electron chi connectivity index (χ1n) is 7.22. The normalized spacial score (nSPS) is 17.9. The third kappa shape index (κ3) is 3.62. The van der Waals surface area contributed by atoms with Crippen LogP contribution < -0.4 is 0 Å².